The number of hydrogen-bond acceptors (Lipinski definition) is 3. The zero-order valence-corrected chi connectivity index (χ0v) is 11.5. The van der Waals surface area contributed by atoms with E-state index < -0.39 is 17.0 Å². The smallest absolute Gasteiger partial charge is 0.277 e. The Labute approximate surface area is 112 Å². The van der Waals surface area contributed by atoms with E-state index in [-0.39, 0.29) is 11.8 Å². The average Bonchev–Trinajstić information content (AvgIpc) is 3.06. The molecule has 4 amide bonds. The summed E-state index contributed by atoms with van der Waals surface area (Å²) in [5.41, 5.74) is -1.46. The molecule has 0 radical (unpaired) electrons. The highest BCUT2D eigenvalue weighted by molar-refractivity contribution is 6.19. The molecular weight excluding hydrogens is 244 g/mol. The lowest BCUT2D eigenvalue weighted by atomic mass is 9.80. The molecule has 1 saturated heterocycles. The maximum absolute atomic E-state index is 12.8. The molecule has 2 saturated carbocycles. The van der Waals surface area contributed by atoms with Crippen LogP contribution < -0.4 is 5.32 Å². The molecule has 1 heterocycles. The summed E-state index contributed by atoms with van der Waals surface area (Å²) in [6.45, 7) is 3.86. The summed E-state index contributed by atoms with van der Waals surface area (Å²) in [4.78, 5) is 38.3. The first-order valence-corrected chi connectivity index (χ1v) is 7.10. The highest BCUT2D eigenvalue weighted by Crippen LogP contribution is 2.48. The van der Waals surface area contributed by atoms with Crippen molar-refractivity contribution in [2.45, 2.75) is 57.9 Å². The Balaban J connectivity index is 1.98. The van der Waals surface area contributed by atoms with Crippen LogP contribution in [0.15, 0.2) is 0 Å². The lowest BCUT2D eigenvalue weighted by Crippen LogP contribution is -2.68. The van der Waals surface area contributed by atoms with Gasteiger partial charge in [0.05, 0.1) is 0 Å². The highest BCUT2D eigenvalue weighted by Gasteiger charge is 2.59. The molecule has 3 rings (SSSR count). The van der Waals surface area contributed by atoms with E-state index in [1.54, 1.807) is 0 Å². The van der Waals surface area contributed by atoms with Gasteiger partial charge in [-0.2, -0.15) is 0 Å². The number of imide groups is 2. The largest absolute Gasteiger partial charge is 0.331 e. The van der Waals surface area contributed by atoms with Crippen LogP contribution in [0.5, 0.6) is 0 Å². The molecule has 5 nitrogen and oxygen atoms in total. The molecule has 0 aromatic heterocycles. The molecule has 1 spiro atoms. The summed E-state index contributed by atoms with van der Waals surface area (Å²) in [6, 6.07) is -0.538. The SMILES string of the molecule is CC(C)(C1CC1)N1C(=O)NC(=O)C2(CCCC2)C1=O. The first-order valence-electron chi connectivity index (χ1n) is 7.10. The van der Waals surface area contributed by atoms with Crippen LogP contribution >= 0.6 is 0 Å². The normalized spacial score (nSPS) is 27.1. The van der Waals surface area contributed by atoms with Crippen LogP contribution in [-0.4, -0.2) is 28.3 Å². The van der Waals surface area contributed by atoms with Gasteiger partial charge in [0.15, 0.2) is 0 Å². The molecule has 19 heavy (non-hydrogen) atoms. The maximum atomic E-state index is 12.8. The first-order chi connectivity index (χ1) is 8.89. The van der Waals surface area contributed by atoms with Gasteiger partial charge in [-0.15, -0.1) is 0 Å². The number of hydrogen-bond donors (Lipinski definition) is 1. The summed E-state index contributed by atoms with van der Waals surface area (Å²) in [5.74, 6) is -0.285. The second-order valence-electron chi connectivity index (χ2n) is 6.62. The van der Waals surface area contributed by atoms with Gasteiger partial charge < -0.3 is 0 Å². The van der Waals surface area contributed by atoms with Crippen molar-refractivity contribution in [1.82, 2.24) is 10.2 Å². The molecule has 0 bridgehead atoms. The summed E-state index contributed by atoms with van der Waals surface area (Å²) in [6.07, 6.45) is 5.00. The number of amides is 4. The monoisotopic (exact) mass is 264 g/mol. The Morgan fingerprint density at radius 1 is 1.16 bits per heavy atom. The molecule has 0 aromatic carbocycles. The molecule has 0 atom stereocenters. The van der Waals surface area contributed by atoms with E-state index in [9.17, 15) is 14.4 Å². The molecule has 3 fully saturated rings. The minimum Gasteiger partial charge on any atom is -0.277 e. The molecular formula is C14H20N2O3. The number of barbiturate groups is 1. The number of rotatable bonds is 2. The van der Waals surface area contributed by atoms with Crippen molar-refractivity contribution in [3.63, 3.8) is 0 Å². The number of nitrogens with zero attached hydrogens (tertiary/aromatic N) is 1. The van der Waals surface area contributed by atoms with Gasteiger partial charge in [0.1, 0.15) is 5.41 Å². The van der Waals surface area contributed by atoms with Crippen LogP contribution in [0, 0.1) is 11.3 Å². The number of urea groups is 1. The van der Waals surface area contributed by atoms with Crippen molar-refractivity contribution in [3.8, 4) is 0 Å². The van der Waals surface area contributed by atoms with Gasteiger partial charge in [-0.1, -0.05) is 12.8 Å². The van der Waals surface area contributed by atoms with E-state index in [1.165, 1.54) is 4.90 Å². The first kappa shape index (κ1) is 12.6. The van der Waals surface area contributed by atoms with Gasteiger partial charge in [0.25, 0.3) is 0 Å². The van der Waals surface area contributed by atoms with Crippen molar-refractivity contribution in [2.24, 2.45) is 11.3 Å². The summed E-state index contributed by atoms with van der Waals surface area (Å²) < 4.78 is 0. The minimum atomic E-state index is -0.972. The van der Waals surface area contributed by atoms with Crippen molar-refractivity contribution >= 4 is 17.8 Å². The standard InChI is InChI=1S/C14H20N2O3/c1-13(2,9-5-6-9)16-11(18)14(7-3-4-8-14)10(17)15-12(16)19/h9H,3-8H2,1-2H3,(H,15,17,19). The molecule has 5 heteroatoms. The predicted molar refractivity (Wildman–Crippen MR) is 68.1 cm³/mol. The van der Waals surface area contributed by atoms with Crippen molar-refractivity contribution in [3.05, 3.63) is 0 Å². The fourth-order valence-corrected chi connectivity index (χ4v) is 3.59. The second-order valence-corrected chi connectivity index (χ2v) is 6.62. The topological polar surface area (TPSA) is 66.5 Å². The Morgan fingerprint density at radius 2 is 1.74 bits per heavy atom. The third kappa shape index (κ3) is 1.63. The zero-order chi connectivity index (χ0) is 13.8. The Morgan fingerprint density at radius 3 is 2.26 bits per heavy atom. The van der Waals surface area contributed by atoms with E-state index in [1.807, 2.05) is 13.8 Å². The van der Waals surface area contributed by atoms with E-state index in [0.717, 1.165) is 25.7 Å². The summed E-state index contributed by atoms with van der Waals surface area (Å²) >= 11 is 0. The fraction of sp³-hybridized carbons (Fsp3) is 0.786. The van der Waals surface area contributed by atoms with Crippen LogP contribution in [0.25, 0.3) is 0 Å². The molecule has 104 valence electrons. The van der Waals surface area contributed by atoms with E-state index in [0.29, 0.717) is 18.8 Å². The molecule has 3 aliphatic rings. The van der Waals surface area contributed by atoms with E-state index in [4.69, 9.17) is 0 Å². The Kier molecular flexibility index (Phi) is 2.53. The van der Waals surface area contributed by atoms with Gasteiger partial charge in [-0.25, -0.2) is 4.79 Å². The number of carbonyl (C=O) groups excluding carboxylic acids is 3. The van der Waals surface area contributed by atoms with Gasteiger partial charge in [-0.3, -0.25) is 19.8 Å². The lowest BCUT2D eigenvalue weighted by Gasteiger charge is -2.45. The number of carbonyl (C=O) groups is 3. The van der Waals surface area contributed by atoms with Crippen LogP contribution in [0.2, 0.25) is 0 Å². The summed E-state index contributed by atoms with van der Waals surface area (Å²) in [7, 11) is 0. The average molecular weight is 264 g/mol. The minimum absolute atomic E-state index is 0.268. The molecule has 1 aliphatic heterocycles. The lowest BCUT2D eigenvalue weighted by molar-refractivity contribution is -0.155. The molecule has 0 unspecified atom stereocenters. The van der Waals surface area contributed by atoms with Crippen LogP contribution in [0.4, 0.5) is 4.79 Å². The molecule has 0 aromatic rings. The Bertz CT molecular complexity index is 459. The van der Waals surface area contributed by atoms with Gasteiger partial charge >= 0.3 is 6.03 Å². The molecule has 2 aliphatic carbocycles. The predicted octanol–water partition coefficient (Wildman–Crippen LogP) is 1.81. The van der Waals surface area contributed by atoms with Crippen molar-refractivity contribution < 1.29 is 14.4 Å². The highest BCUT2D eigenvalue weighted by atomic mass is 16.2. The Hall–Kier alpha value is -1.39. The summed E-state index contributed by atoms with van der Waals surface area (Å²) in [5, 5.41) is 2.41. The van der Waals surface area contributed by atoms with Gasteiger partial charge in [0.2, 0.25) is 11.8 Å². The van der Waals surface area contributed by atoms with Crippen molar-refractivity contribution in [1.29, 1.82) is 0 Å². The van der Waals surface area contributed by atoms with Gasteiger partial charge in [-0.05, 0) is 45.4 Å². The second kappa shape index (κ2) is 3.81. The van der Waals surface area contributed by atoms with Crippen LogP contribution in [0.3, 0.4) is 0 Å². The number of nitrogens with one attached hydrogen (secondary N) is 1. The third-order valence-electron chi connectivity index (χ3n) is 5.08. The third-order valence-corrected chi connectivity index (χ3v) is 5.08. The maximum Gasteiger partial charge on any atom is 0.331 e. The van der Waals surface area contributed by atoms with Crippen molar-refractivity contribution in [2.75, 3.05) is 0 Å². The van der Waals surface area contributed by atoms with Crippen LogP contribution in [0.1, 0.15) is 52.4 Å². The zero-order valence-electron chi connectivity index (χ0n) is 11.5. The van der Waals surface area contributed by atoms with Crippen LogP contribution in [-0.2, 0) is 9.59 Å². The fourth-order valence-electron chi connectivity index (χ4n) is 3.59. The quantitative estimate of drug-likeness (QED) is 0.773. The van der Waals surface area contributed by atoms with Gasteiger partial charge in [0, 0.05) is 5.54 Å². The molecule has 1 N–H and O–H groups in total. The van der Waals surface area contributed by atoms with E-state index >= 15 is 0 Å². The van der Waals surface area contributed by atoms with E-state index in [2.05, 4.69) is 5.32 Å².